The van der Waals surface area contributed by atoms with Crippen LogP contribution in [-0.2, 0) is 9.59 Å². The third-order valence-corrected chi connectivity index (χ3v) is 3.88. The van der Waals surface area contributed by atoms with Crippen molar-refractivity contribution in [1.29, 1.82) is 0 Å². The van der Waals surface area contributed by atoms with Crippen molar-refractivity contribution in [2.45, 2.75) is 26.7 Å². The van der Waals surface area contributed by atoms with Gasteiger partial charge < -0.3 is 20.1 Å². The molecule has 2 rings (SSSR count). The Bertz CT molecular complexity index is 880. The monoisotopic (exact) mass is 394 g/mol. The van der Waals surface area contributed by atoms with Crippen molar-refractivity contribution in [2.75, 3.05) is 25.1 Å². The van der Waals surface area contributed by atoms with Gasteiger partial charge in [-0.05, 0) is 35.7 Å². The molecule has 0 unspecified atom stereocenters. The van der Waals surface area contributed by atoms with E-state index in [1.54, 1.807) is 24.3 Å². The molecule has 0 bridgehead atoms. The predicted octanol–water partition coefficient (Wildman–Crippen LogP) is 3.35. The van der Waals surface area contributed by atoms with Crippen LogP contribution in [-0.4, -0.2) is 31.6 Å². The van der Waals surface area contributed by atoms with Crippen molar-refractivity contribution in [3.05, 3.63) is 54.1 Å². The SMILES string of the molecule is CC(=O)Nc1cccc(OCC#CCNC(=O)COc2ccc(C(C)C)cc2)c1. The zero-order valence-corrected chi connectivity index (χ0v) is 17.0. The maximum absolute atomic E-state index is 11.8. The van der Waals surface area contributed by atoms with E-state index in [-0.39, 0.29) is 31.6 Å². The first kappa shape index (κ1) is 21.8. The Hall–Kier alpha value is -3.46. The Kier molecular flexibility index (Phi) is 8.58. The highest BCUT2D eigenvalue weighted by Crippen LogP contribution is 2.18. The number of nitrogens with one attached hydrogen (secondary N) is 2. The molecular formula is C23H26N2O4. The summed E-state index contributed by atoms with van der Waals surface area (Å²) in [6.07, 6.45) is 0. The molecule has 0 atom stereocenters. The van der Waals surface area contributed by atoms with Crippen molar-refractivity contribution < 1.29 is 19.1 Å². The van der Waals surface area contributed by atoms with Gasteiger partial charge >= 0.3 is 0 Å². The molecular weight excluding hydrogens is 368 g/mol. The van der Waals surface area contributed by atoms with Gasteiger partial charge in [0.2, 0.25) is 5.91 Å². The average molecular weight is 394 g/mol. The van der Waals surface area contributed by atoms with Gasteiger partial charge in [0, 0.05) is 18.7 Å². The molecule has 0 radical (unpaired) electrons. The molecule has 2 aromatic carbocycles. The number of anilines is 1. The number of carbonyl (C=O) groups is 2. The molecule has 0 aliphatic carbocycles. The molecule has 0 saturated carbocycles. The summed E-state index contributed by atoms with van der Waals surface area (Å²) in [5, 5.41) is 5.36. The predicted molar refractivity (Wildman–Crippen MR) is 113 cm³/mol. The molecule has 6 heteroatoms. The maximum Gasteiger partial charge on any atom is 0.258 e. The normalized spacial score (nSPS) is 9.93. The lowest BCUT2D eigenvalue weighted by Crippen LogP contribution is -2.29. The van der Waals surface area contributed by atoms with E-state index in [1.807, 2.05) is 24.3 Å². The van der Waals surface area contributed by atoms with Gasteiger partial charge in [-0.2, -0.15) is 0 Å². The van der Waals surface area contributed by atoms with Crippen LogP contribution in [0, 0.1) is 11.8 Å². The van der Waals surface area contributed by atoms with Crippen LogP contribution >= 0.6 is 0 Å². The lowest BCUT2D eigenvalue weighted by atomic mass is 10.0. The highest BCUT2D eigenvalue weighted by molar-refractivity contribution is 5.88. The molecule has 0 heterocycles. The summed E-state index contributed by atoms with van der Waals surface area (Å²) >= 11 is 0. The molecule has 29 heavy (non-hydrogen) atoms. The summed E-state index contributed by atoms with van der Waals surface area (Å²) in [4.78, 5) is 22.9. The molecule has 0 aromatic heterocycles. The van der Waals surface area contributed by atoms with Crippen LogP contribution < -0.4 is 20.1 Å². The molecule has 152 valence electrons. The molecule has 0 aliphatic heterocycles. The molecule has 0 saturated heterocycles. The summed E-state index contributed by atoms with van der Waals surface area (Å²) in [7, 11) is 0. The standard InChI is InChI=1S/C23H26N2O4/c1-17(2)19-9-11-21(12-10-19)29-16-23(27)24-13-4-5-14-28-22-8-6-7-20(15-22)25-18(3)26/h6-12,15,17H,13-14,16H2,1-3H3,(H,24,27)(H,25,26). The Morgan fingerprint density at radius 3 is 2.45 bits per heavy atom. The van der Waals surface area contributed by atoms with E-state index in [4.69, 9.17) is 9.47 Å². The fourth-order valence-electron chi connectivity index (χ4n) is 2.39. The van der Waals surface area contributed by atoms with E-state index in [0.29, 0.717) is 23.1 Å². The van der Waals surface area contributed by atoms with Crippen LogP contribution in [0.2, 0.25) is 0 Å². The maximum atomic E-state index is 11.8. The van der Waals surface area contributed by atoms with Crippen LogP contribution in [0.3, 0.4) is 0 Å². The molecule has 0 fully saturated rings. The first-order chi connectivity index (χ1) is 13.9. The van der Waals surface area contributed by atoms with Crippen molar-refractivity contribution in [2.24, 2.45) is 0 Å². The van der Waals surface area contributed by atoms with Gasteiger partial charge in [0.25, 0.3) is 5.91 Å². The molecule has 2 aromatic rings. The average Bonchev–Trinajstić information content (AvgIpc) is 2.69. The largest absolute Gasteiger partial charge is 0.484 e. The van der Waals surface area contributed by atoms with Crippen LogP contribution in [0.4, 0.5) is 5.69 Å². The summed E-state index contributed by atoms with van der Waals surface area (Å²) < 4.78 is 11.0. The number of benzene rings is 2. The van der Waals surface area contributed by atoms with E-state index in [1.165, 1.54) is 12.5 Å². The third kappa shape index (κ3) is 8.39. The van der Waals surface area contributed by atoms with E-state index in [9.17, 15) is 9.59 Å². The van der Waals surface area contributed by atoms with E-state index >= 15 is 0 Å². The van der Waals surface area contributed by atoms with E-state index < -0.39 is 0 Å². The first-order valence-electron chi connectivity index (χ1n) is 9.39. The Morgan fingerprint density at radius 2 is 1.76 bits per heavy atom. The van der Waals surface area contributed by atoms with Crippen molar-refractivity contribution >= 4 is 17.5 Å². The van der Waals surface area contributed by atoms with Crippen molar-refractivity contribution in [1.82, 2.24) is 5.32 Å². The smallest absolute Gasteiger partial charge is 0.258 e. The minimum absolute atomic E-state index is 0.0604. The summed E-state index contributed by atoms with van der Waals surface area (Å²) in [5.74, 6) is 6.98. The number of carbonyl (C=O) groups excluding carboxylic acids is 2. The number of amides is 2. The van der Waals surface area contributed by atoms with Crippen molar-refractivity contribution in [3.63, 3.8) is 0 Å². The van der Waals surface area contributed by atoms with Gasteiger partial charge in [0.05, 0.1) is 6.54 Å². The van der Waals surface area contributed by atoms with Crippen molar-refractivity contribution in [3.8, 4) is 23.3 Å². The number of rotatable bonds is 8. The molecule has 0 aliphatic rings. The fourth-order valence-corrected chi connectivity index (χ4v) is 2.39. The van der Waals surface area contributed by atoms with Crippen LogP contribution in [0.1, 0.15) is 32.3 Å². The number of ether oxygens (including phenoxy) is 2. The highest BCUT2D eigenvalue weighted by Gasteiger charge is 2.03. The molecule has 6 nitrogen and oxygen atoms in total. The number of hydrogen-bond donors (Lipinski definition) is 2. The van der Waals surface area contributed by atoms with Gasteiger partial charge in [0.1, 0.15) is 18.1 Å². The zero-order valence-electron chi connectivity index (χ0n) is 17.0. The minimum Gasteiger partial charge on any atom is -0.484 e. The minimum atomic E-state index is -0.240. The topological polar surface area (TPSA) is 76.7 Å². The summed E-state index contributed by atoms with van der Waals surface area (Å²) in [6.45, 7) is 6.02. The second-order valence-electron chi connectivity index (χ2n) is 6.64. The quantitative estimate of drug-likeness (QED) is 0.673. The lowest BCUT2D eigenvalue weighted by molar-refractivity contribution is -0.122. The Balaban J connectivity index is 1.65. The fraction of sp³-hybridized carbons (Fsp3) is 0.304. The zero-order chi connectivity index (χ0) is 21.1. The lowest BCUT2D eigenvalue weighted by Gasteiger charge is -2.08. The van der Waals surface area contributed by atoms with Crippen LogP contribution in [0.25, 0.3) is 0 Å². The van der Waals surface area contributed by atoms with E-state index in [0.717, 1.165) is 0 Å². The summed E-state index contributed by atoms with van der Waals surface area (Å²) in [6, 6.07) is 14.8. The highest BCUT2D eigenvalue weighted by atomic mass is 16.5. The van der Waals surface area contributed by atoms with Gasteiger partial charge in [-0.1, -0.05) is 43.9 Å². The Morgan fingerprint density at radius 1 is 1.00 bits per heavy atom. The molecule has 2 amide bonds. The van der Waals surface area contributed by atoms with Gasteiger partial charge in [-0.15, -0.1) is 0 Å². The van der Waals surface area contributed by atoms with Crippen LogP contribution in [0.15, 0.2) is 48.5 Å². The first-order valence-corrected chi connectivity index (χ1v) is 9.39. The van der Waals surface area contributed by atoms with Gasteiger partial charge in [-0.25, -0.2) is 0 Å². The summed E-state index contributed by atoms with van der Waals surface area (Å²) in [5.41, 5.74) is 1.88. The van der Waals surface area contributed by atoms with E-state index in [2.05, 4.69) is 36.3 Å². The van der Waals surface area contributed by atoms with Gasteiger partial charge in [0.15, 0.2) is 6.61 Å². The molecule has 2 N–H and O–H groups in total. The number of hydrogen-bond acceptors (Lipinski definition) is 4. The molecule has 0 spiro atoms. The second-order valence-corrected chi connectivity index (χ2v) is 6.64. The Labute approximate surface area is 171 Å². The third-order valence-electron chi connectivity index (χ3n) is 3.88. The van der Waals surface area contributed by atoms with Gasteiger partial charge in [-0.3, -0.25) is 9.59 Å². The second kappa shape index (κ2) is 11.4. The van der Waals surface area contributed by atoms with Crippen LogP contribution in [0.5, 0.6) is 11.5 Å².